The first-order valence-corrected chi connectivity index (χ1v) is 4.73. The van der Waals surface area contributed by atoms with Gasteiger partial charge in [-0.3, -0.25) is 0 Å². The Morgan fingerprint density at radius 2 is 2.36 bits per heavy atom. The fourth-order valence-corrected chi connectivity index (χ4v) is 1.58. The molecular formula is C10H12N4. The lowest BCUT2D eigenvalue weighted by atomic mass is 9.79. The molecule has 1 aromatic rings. The Bertz CT molecular complexity index is 376. The summed E-state index contributed by atoms with van der Waals surface area (Å²) in [6, 6.07) is 3.60. The zero-order chi connectivity index (χ0) is 10.0. The second-order valence-electron chi connectivity index (χ2n) is 3.92. The van der Waals surface area contributed by atoms with Crippen LogP contribution >= 0.6 is 0 Å². The van der Waals surface area contributed by atoms with Crippen LogP contribution in [-0.2, 0) is 0 Å². The molecule has 1 N–H and O–H groups in total. The van der Waals surface area contributed by atoms with Crippen LogP contribution in [-0.4, -0.2) is 15.5 Å². The van der Waals surface area contributed by atoms with E-state index in [-0.39, 0.29) is 5.54 Å². The van der Waals surface area contributed by atoms with Crippen LogP contribution in [0.3, 0.4) is 0 Å². The zero-order valence-corrected chi connectivity index (χ0v) is 8.12. The van der Waals surface area contributed by atoms with Gasteiger partial charge in [0, 0.05) is 11.7 Å². The Morgan fingerprint density at radius 3 is 2.93 bits per heavy atom. The molecule has 0 spiro atoms. The number of hydrogen-bond acceptors (Lipinski definition) is 4. The van der Waals surface area contributed by atoms with Gasteiger partial charge in [0.05, 0.1) is 0 Å². The van der Waals surface area contributed by atoms with E-state index in [1.54, 1.807) is 12.3 Å². The molecule has 72 valence electrons. The summed E-state index contributed by atoms with van der Waals surface area (Å²) in [5.74, 6) is 0.561. The molecule has 1 aliphatic carbocycles. The van der Waals surface area contributed by atoms with Crippen LogP contribution in [0, 0.1) is 11.3 Å². The summed E-state index contributed by atoms with van der Waals surface area (Å²) in [4.78, 5) is 8.16. The van der Waals surface area contributed by atoms with E-state index in [9.17, 15) is 0 Å². The van der Waals surface area contributed by atoms with Gasteiger partial charge in [-0.15, -0.1) is 0 Å². The molecule has 0 radical (unpaired) electrons. The third-order valence-corrected chi connectivity index (χ3v) is 2.64. The SMILES string of the molecule is CC1(Nc2nccc(C#N)n2)CCC1. The van der Waals surface area contributed by atoms with Crippen molar-refractivity contribution in [2.24, 2.45) is 0 Å². The van der Waals surface area contributed by atoms with Crippen LogP contribution < -0.4 is 5.32 Å². The smallest absolute Gasteiger partial charge is 0.224 e. The van der Waals surface area contributed by atoms with E-state index in [0.717, 1.165) is 12.8 Å². The molecule has 1 aliphatic rings. The third kappa shape index (κ3) is 1.67. The van der Waals surface area contributed by atoms with Gasteiger partial charge in [-0.05, 0) is 32.3 Å². The maximum Gasteiger partial charge on any atom is 0.224 e. The van der Waals surface area contributed by atoms with Crippen molar-refractivity contribution >= 4 is 5.95 Å². The number of rotatable bonds is 2. The van der Waals surface area contributed by atoms with Gasteiger partial charge in [-0.25, -0.2) is 9.97 Å². The van der Waals surface area contributed by atoms with Crippen LogP contribution in [0.2, 0.25) is 0 Å². The lowest BCUT2D eigenvalue weighted by molar-refractivity contribution is 0.304. The van der Waals surface area contributed by atoms with Crippen molar-refractivity contribution in [3.8, 4) is 6.07 Å². The molecule has 2 rings (SSSR count). The number of nitrogens with zero attached hydrogens (tertiary/aromatic N) is 3. The van der Waals surface area contributed by atoms with Crippen LogP contribution in [0.1, 0.15) is 31.9 Å². The van der Waals surface area contributed by atoms with Crippen molar-refractivity contribution < 1.29 is 0 Å². The summed E-state index contributed by atoms with van der Waals surface area (Å²) < 4.78 is 0. The minimum atomic E-state index is 0.133. The number of anilines is 1. The standard InChI is InChI=1S/C10H12N4/c1-10(4-2-5-10)14-9-12-6-3-8(7-11)13-9/h3,6H,2,4-5H2,1H3,(H,12,13,14). The van der Waals surface area contributed by atoms with Crippen molar-refractivity contribution in [1.29, 1.82) is 5.26 Å². The fourth-order valence-electron chi connectivity index (χ4n) is 1.58. The molecule has 4 heteroatoms. The summed E-state index contributed by atoms with van der Waals surface area (Å²) in [5, 5.41) is 11.9. The molecule has 0 aliphatic heterocycles. The molecule has 0 saturated heterocycles. The van der Waals surface area contributed by atoms with Gasteiger partial charge in [0.2, 0.25) is 5.95 Å². The lowest BCUT2D eigenvalue weighted by Crippen LogP contribution is -2.42. The minimum absolute atomic E-state index is 0.133. The van der Waals surface area contributed by atoms with Crippen molar-refractivity contribution in [2.45, 2.75) is 31.7 Å². The highest BCUT2D eigenvalue weighted by Gasteiger charge is 2.32. The molecule has 1 fully saturated rings. The molecule has 4 nitrogen and oxygen atoms in total. The van der Waals surface area contributed by atoms with Gasteiger partial charge in [-0.2, -0.15) is 5.26 Å². The average Bonchev–Trinajstić information content (AvgIpc) is 2.16. The fraction of sp³-hybridized carbons (Fsp3) is 0.500. The van der Waals surface area contributed by atoms with Crippen LogP contribution in [0.15, 0.2) is 12.3 Å². The summed E-state index contributed by atoms with van der Waals surface area (Å²) in [5.41, 5.74) is 0.541. The summed E-state index contributed by atoms with van der Waals surface area (Å²) in [7, 11) is 0. The second-order valence-corrected chi connectivity index (χ2v) is 3.92. The second kappa shape index (κ2) is 3.26. The summed E-state index contributed by atoms with van der Waals surface area (Å²) >= 11 is 0. The van der Waals surface area contributed by atoms with Gasteiger partial charge in [-0.1, -0.05) is 0 Å². The van der Waals surface area contributed by atoms with E-state index < -0.39 is 0 Å². The van der Waals surface area contributed by atoms with E-state index in [4.69, 9.17) is 5.26 Å². The van der Waals surface area contributed by atoms with Gasteiger partial charge in [0.25, 0.3) is 0 Å². The van der Waals surface area contributed by atoms with Crippen LogP contribution in [0.4, 0.5) is 5.95 Å². The normalized spacial score (nSPS) is 18.0. The zero-order valence-electron chi connectivity index (χ0n) is 8.12. The van der Waals surface area contributed by atoms with Crippen molar-refractivity contribution in [3.63, 3.8) is 0 Å². The number of hydrogen-bond donors (Lipinski definition) is 1. The van der Waals surface area contributed by atoms with Crippen molar-refractivity contribution in [1.82, 2.24) is 9.97 Å². The molecule has 1 heterocycles. The van der Waals surface area contributed by atoms with Gasteiger partial charge < -0.3 is 5.32 Å². The Labute approximate surface area is 83.0 Å². The largest absolute Gasteiger partial charge is 0.349 e. The highest BCUT2D eigenvalue weighted by atomic mass is 15.1. The molecule has 0 atom stereocenters. The number of aromatic nitrogens is 2. The monoisotopic (exact) mass is 188 g/mol. The van der Waals surface area contributed by atoms with E-state index in [2.05, 4.69) is 22.2 Å². The van der Waals surface area contributed by atoms with Crippen molar-refractivity contribution in [2.75, 3.05) is 5.32 Å². The molecule has 0 aromatic carbocycles. The van der Waals surface area contributed by atoms with E-state index in [0.29, 0.717) is 11.6 Å². The predicted molar refractivity (Wildman–Crippen MR) is 52.6 cm³/mol. The van der Waals surface area contributed by atoms with Crippen LogP contribution in [0.5, 0.6) is 0 Å². The van der Waals surface area contributed by atoms with Gasteiger partial charge >= 0.3 is 0 Å². The minimum Gasteiger partial charge on any atom is -0.349 e. The number of nitrogens with one attached hydrogen (secondary N) is 1. The lowest BCUT2D eigenvalue weighted by Gasteiger charge is -2.39. The van der Waals surface area contributed by atoms with Crippen molar-refractivity contribution in [3.05, 3.63) is 18.0 Å². The topological polar surface area (TPSA) is 61.6 Å². The molecule has 0 amide bonds. The molecule has 1 saturated carbocycles. The molecule has 14 heavy (non-hydrogen) atoms. The highest BCUT2D eigenvalue weighted by Crippen LogP contribution is 2.33. The van der Waals surface area contributed by atoms with Crippen LogP contribution in [0.25, 0.3) is 0 Å². The average molecular weight is 188 g/mol. The van der Waals surface area contributed by atoms with E-state index in [1.165, 1.54) is 6.42 Å². The summed E-state index contributed by atoms with van der Waals surface area (Å²) in [6.07, 6.45) is 5.15. The molecule has 0 unspecified atom stereocenters. The third-order valence-electron chi connectivity index (χ3n) is 2.64. The first-order valence-electron chi connectivity index (χ1n) is 4.73. The molecular weight excluding hydrogens is 176 g/mol. The number of nitriles is 1. The van der Waals surface area contributed by atoms with Gasteiger partial charge in [0.15, 0.2) is 0 Å². The van der Waals surface area contributed by atoms with E-state index >= 15 is 0 Å². The highest BCUT2D eigenvalue weighted by molar-refractivity contribution is 5.33. The van der Waals surface area contributed by atoms with Gasteiger partial charge in [0.1, 0.15) is 11.8 Å². The first kappa shape index (κ1) is 8.95. The predicted octanol–water partition coefficient (Wildman–Crippen LogP) is 1.70. The summed E-state index contributed by atoms with van der Waals surface area (Å²) in [6.45, 7) is 2.15. The molecule has 0 bridgehead atoms. The quantitative estimate of drug-likeness (QED) is 0.767. The Hall–Kier alpha value is -1.63. The van der Waals surface area contributed by atoms with E-state index in [1.807, 2.05) is 6.07 Å². The maximum absolute atomic E-state index is 8.66. The maximum atomic E-state index is 8.66. The first-order chi connectivity index (χ1) is 6.72. The molecule has 1 aromatic heterocycles. The Morgan fingerprint density at radius 1 is 1.57 bits per heavy atom. The Balaban J connectivity index is 2.13. The Kier molecular flexibility index (Phi) is 2.08.